The second-order valence-electron chi connectivity index (χ2n) is 3.73. The van der Waals surface area contributed by atoms with Gasteiger partial charge < -0.3 is 4.74 Å². The maximum atomic E-state index is 11.6. The van der Waals surface area contributed by atoms with Gasteiger partial charge in [0.15, 0.2) is 5.82 Å². The molecule has 0 amide bonds. The summed E-state index contributed by atoms with van der Waals surface area (Å²) in [4.78, 5) is 20.0. The zero-order valence-corrected chi connectivity index (χ0v) is 10.9. The van der Waals surface area contributed by atoms with Gasteiger partial charge >= 0.3 is 5.97 Å². The summed E-state index contributed by atoms with van der Waals surface area (Å²) in [5.41, 5.74) is 1.27. The van der Waals surface area contributed by atoms with E-state index in [-0.39, 0.29) is 5.97 Å². The second-order valence-corrected chi connectivity index (χ2v) is 4.64. The molecule has 0 aromatic carbocycles. The lowest BCUT2D eigenvalue weighted by Gasteiger charge is -2.00. The summed E-state index contributed by atoms with van der Waals surface area (Å²) in [7, 11) is 0. The van der Waals surface area contributed by atoms with Crippen molar-refractivity contribution in [3.8, 4) is 5.82 Å². The van der Waals surface area contributed by atoms with E-state index in [0.29, 0.717) is 18.0 Å². The van der Waals surface area contributed by atoms with Gasteiger partial charge in [-0.1, -0.05) is 0 Å². The maximum absolute atomic E-state index is 11.6. The molecule has 96 valence electrons. The molecule has 3 aromatic rings. The van der Waals surface area contributed by atoms with E-state index in [1.807, 2.05) is 11.4 Å². The van der Waals surface area contributed by atoms with Gasteiger partial charge in [-0.25, -0.2) is 19.4 Å². The Morgan fingerprint density at radius 3 is 3.21 bits per heavy atom. The molecule has 3 aromatic heterocycles. The van der Waals surface area contributed by atoms with Crippen LogP contribution in [0.2, 0.25) is 0 Å². The van der Waals surface area contributed by atoms with Crippen LogP contribution < -0.4 is 0 Å². The normalized spacial score (nSPS) is 10.8. The smallest absolute Gasteiger partial charge is 0.341 e. The van der Waals surface area contributed by atoms with Crippen LogP contribution in [-0.4, -0.2) is 32.3 Å². The Morgan fingerprint density at radius 1 is 1.47 bits per heavy atom. The van der Waals surface area contributed by atoms with Gasteiger partial charge in [0.05, 0.1) is 28.6 Å². The molecule has 0 unspecified atom stereocenters. The molecule has 0 aliphatic heterocycles. The summed E-state index contributed by atoms with van der Waals surface area (Å²) in [5, 5.41) is 6.09. The minimum Gasteiger partial charge on any atom is -0.462 e. The summed E-state index contributed by atoms with van der Waals surface area (Å²) in [6.07, 6.45) is 4.56. The van der Waals surface area contributed by atoms with Crippen molar-refractivity contribution in [1.29, 1.82) is 0 Å². The molecule has 6 nitrogen and oxygen atoms in total. The predicted octanol–water partition coefficient (Wildman–Crippen LogP) is 2.05. The standard InChI is InChI=1S/C12H10N4O2S/c1-2-18-12(17)8-5-15-16(6-8)11-10-9(3-4-19-10)13-7-14-11/h3-7H,2H2,1H3. The van der Waals surface area contributed by atoms with E-state index in [2.05, 4.69) is 15.1 Å². The predicted molar refractivity (Wildman–Crippen MR) is 70.5 cm³/mol. The third-order valence-electron chi connectivity index (χ3n) is 2.54. The van der Waals surface area contributed by atoms with Gasteiger partial charge in [0.25, 0.3) is 0 Å². The zero-order chi connectivity index (χ0) is 13.2. The molecule has 19 heavy (non-hydrogen) atoms. The van der Waals surface area contributed by atoms with Crippen LogP contribution in [-0.2, 0) is 4.74 Å². The van der Waals surface area contributed by atoms with E-state index in [0.717, 1.165) is 10.2 Å². The molecule has 0 spiro atoms. The first-order valence-corrected chi connectivity index (χ1v) is 6.58. The lowest BCUT2D eigenvalue weighted by atomic mass is 10.4. The van der Waals surface area contributed by atoms with E-state index in [1.165, 1.54) is 23.9 Å². The number of carbonyl (C=O) groups excluding carboxylic acids is 1. The lowest BCUT2D eigenvalue weighted by Crippen LogP contribution is -2.03. The second kappa shape index (κ2) is 4.77. The van der Waals surface area contributed by atoms with Crippen molar-refractivity contribution in [2.45, 2.75) is 6.92 Å². The molecule has 0 saturated carbocycles. The first kappa shape index (κ1) is 11.8. The molecular formula is C12H10N4O2S. The Labute approximate surface area is 112 Å². The number of carbonyl (C=O) groups is 1. The fourth-order valence-corrected chi connectivity index (χ4v) is 2.52. The van der Waals surface area contributed by atoms with E-state index < -0.39 is 0 Å². The summed E-state index contributed by atoms with van der Waals surface area (Å²) in [6, 6.07) is 1.92. The largest absolute Gasteiger partial charge is 0.462 e. The summed E-state index contributed by atoms with van der Waals surface area (Å²) in [6.45, 7) is 2.11. The summed E-state index contributed by atoms with van der Waals surface area (Å²) < 4.78 is 7.42. The number of fused-ring (bicyclic) bond motifs is 1. The molecule has 0 aliphatic carbocycles. The number of hydrogen-bond donors (Lipinski definition) is 0. The molecule has 0 N–H and O–H groups in total. The number of ether oxygens (including phenoxy) is 1. The summed E-state index contributed by atoms with van der Waals surface area (Å²) in [5.74, 6) is 0.278. The lowest BCUT2D eigenvalue weighted by molar-refractivity contribution is 0.0526. The van der Waals surface area contributed by atoms with E-state index >= 15 is 0 Å². The highest BCUT2D eigenvalue weighted by Gasteiger charge is 2.13. The van der Waals surface area contributed by atoms with E-state index in [9.17, 15) is 4.79 Å². The van der Waals surface area contributed by atoms with E-state index in [4.69, 9.17) is 4.74 Å². The van der Waals surface area contributed by atoms with E-state index in [1.54, 1.807) is 17.8 Å². The summed E-state index contributed by atoms with van der Waals surface area (Å²) >= 11 is 1.53. The van der Waals surface area contributed by atoms with Crippen molar-refractivity contribution < 1.29 is 9.53 Å². The first-order valence-electron chi connectivity index (χ1n) is 5.70. The van der Waals surface area contributed by atoms with Gasteiger partial charge in [-0.15, -0.1) is 11.3 Å². The minimum atomic E-state index is -0.384. The fraction of sp³-hybridized carbons (Fsp3) is 0.167. The highest BCUT2D eigenvalue weighted by atomic mass is 32.1. The molecule has 0 aliphatic rings. The molecule has 7 heteroatoms. The van der Waals surface area contributed by atoms with Gasteiger partial charge in [-0.2, -0.15) is 5.10 Å². The number of aromatic nitrogens is 4. The third-order valence-corrected chi connectivity index (χ3v) is 3.43. The number of nitrogens with zero attached hydrogens (tertiary/aromatic N) is 4. The molecule has 0 saturated heterocycles. The Kier molecular flexibility index (Phi) is 2.96. The van der Waals surface area contributed by atoms with Crippen molar-refractivity contribution in [2.75, 3.05) is 6.61 Å². The number of thiophene rings is 1. The van der Waals surface area contributed by atoms with Crippen molar-refractivity contribution >= 4 is 27.5 Å². The minimum absolute atomic E-state index is 0.340. The number of hydrogen-bond acceptors (Lipinski definition) is 6. The maximum Gasteiger partial charge on any atom is 0.341 e. The fourth-order valence-electron chi connectivity index (χ4n) is 1.70. The van der Waals surface area contributed by atoms with Gasteiger partial charge in [-0.05, 0) is 18.4 Å². The Morgan fingerprint density at radius 2 is 2.37 bits per heavy atom. The molecular weight excluding hydrogens is 264 g/mol. The monoisotopic (exact) mass is 274 g/mol. The Bertz CT molecular complexity index is 734. The molecule has 0 fully saturated rings. The quantitative estimate of drug-likeness (QED) is 0.684. The van der Waals surface area contributed by atoms with Crippen LogP contribution in [0.5, 0.6) is 0 Å². The van der Waals surface area contributed by atoms with Crippen LogP contribution >= 0.6 is 11.3 Å². The van der Waals surface area contributed by atoms with Gasteiger partial charge in [0.1, 0.15) is 6.33 Å². The molecule has 0 atom stereocenters. The van der Waals surface area contributed by atoms with Crippen LogP contribution in [0.25, 0.3) is 16.0 Å². The number of esters is 1. The van der Waals surface area contributed by atoms with Crippen molar-refractivity contribution in [3.63, 3.8) is 0 Å². The van der Waals surface area contributed by atoms with Gasteiger partial charge in [-0.3, -0.25) is 0 Å². The average Bonchev–Trinajstić information content (AvgIpc) is 3.07. The molecule has 3 rings (SSSR count). The molecule has 0 radical (unpaired) electrons. The Hall–Kier alpha value is -2.28. The van der Waals surface area contributed by atoms with Gasteiger partial charge in [0.2, 0.25) is 0 Å². The first-order chi connectivity index (χ1) is 9.29. The molecule has 3 heterocycles. The SMILES string of the molecule is CCOC(=O)c1cnn(-c2ncnc3ccsc23)c1. The van der Waals surface area contributed by atoms with Crippen molar-refractivity contribution in [2.24, 2.45) is 0 Å². The Balaban J connectivity index is 2.03. The number of rotatable bonds is 3. The van der Waals surface area contributed by atoms with Crippen LogP contribution in [0.1, 0.15) is 17.3 Å². The average molecular weight is 274 g/mol. The zero-order valence-electron chi connectivity index (χ0n) is 10.1. The highest BCUT2D eigenvalue weighted by molar-refractivity contribution is 7.17. The van der Waals surface area contributed by atoms with Crippen LogP contribution in [0.4, 0.5) is 0 Å². The topological polar surface area (TPSA) is 69.9 Å². The van der Waals surface area contributed by atoms with Crippen LogP contribution in [0.3, 0.4) is 0 Å². The highest BCUT2D eigenvalue weighted by Crippen LogP contribution is 2.23. The third kappa shape index (κ3) is 2.08. The van der Waals surface area contributed by atoms with Crippen molar-refractivity contribution in [3.05, 3.63) is 35.7 Å². The van der Waals surface area contributed by atoms with Gasteiger partial charge in [0, 0.05) is 6.20 Å². The molecule has 0 bridgehead atoms. The van der Waals surface area contributed by atoms with Crippen LogP contribution in [0, 0.1) is 0 Å². The van der Waals surface area contributed by atoms with Crippen molar-refractivity contribution in [1.82, 2.24) is 19.7 Å². The van der Waals surface area contributed by atoms with Crippen LogP contribution in [0.15, 0.2) is 30.2 Å².